The summed E-state index contributed by atoms with van der Waals surface area (Å²) in [5.74, 6) is 0. The molecule has 8 aromatic carbocycles. The first kappa shape index (κ1) is 41.2. The maximum atomic E-state index is 2.42. The van der Waals surface area contributed by atoms with Crippen LogP contribution in [0.25, 0.3) is 66.8 Å². The second-order valence-corrected chi connectivity index (χ2v) is 19.2. The zero-order valence-corrected chi connectivity index (χ0v) is 37.8. The predicted octanol–water partition coefficient (Wildman–Crippen LogP) is 17.7. The van der Waals surface area contributed by atoms with Crippen LogP contribution in [0.4, 0.5) is 0 Å². The molecule has 298 valence electrons. The lowest BCUT2D eigenvalue weighted by Gasteiger charge is -2.27. The van der Waals surface area contributed by atoms with Gasteiger partial charge < -0.3 is 0 Å². The quantitative estimate of drug-likeness (QED) is 0.119. The lowest BCUT2D eigenvalue weighted by Crippen LogP contribution is -2.02. The van der Waals surface area contributed by atoms with Crippen LogP contribution in [0.15, 0.2) is 170 Å². The lowest BCUT2D eigenvalue weighted by molar-refractivity contribution is 1.10. The smallest absolute Gasteiger partial charge is 0.0379 e. The highest BCUT2D eigenvalue weighted by molar-refractivity contribution is 8.76. The summed E-state index contributed by atoms with van der Waals surface area (Å²) >= 11 is 0. The van der Waals surface area contributed by atoms with E-state index in [2.05, 4.69) is 225 Å². The van der Waals surface area contributed by atoms with Gasteiger partial charge in [-0.25, -0.2) is 0 Å². The molecule has 0 saturated carbocycles. The SMILES string of the molecule is Cc1ccccc1-c1ccc([C@@H](C)SS[C@H](C)c2ccc(-c3ccccc3C)c(-c3ccccc3C)c2-c2ccccc2C)c(-c2ccccc2C)c1-c1ccccc1C. The molecule has 0 amide bonds. The van der Waals surface area contributed by atoms with Crippen LogP contribution in [0.1, 0.15) is 68.9 Å². The molecular weight excluding hydrogens is 761 g/mol. The van der Waals surface area contributed by atoms with Crippen molar-refractivity contribution in [2.45, 2.75) is 65.9 Å². The Morgan fingerprint density at radius 3 is 0.750 bits per heavy atom. The van der Waals surface area contributed by atoms with E-state index in [9.17, 15) is 0 Å². The fourth-order valence-corrected chi connectivity index (χ4v) is 11.5. The van der Waals surface area contributed by atoms with E-state index in [1.807, 2.05) is 21.6 Å². The summed E-state index contributed by atoms with van der Waals surface area (Å²) in [5.41, 5.74) is 26.0. The molecule has 0 aliphatic rings. The number of aryl methyl sites for hydroxylation is 6. The van der Waals surface area contributed by atoms with Crippen molar-refractivity contribution < 1.29 is 0 Å². The van der Waals surface area contributed by atoms with Crippen molar-refractivity contribution in [3.8, 4) is 66.8 Å². The van der Waals surface area contributed by atoms with Crippen LogP contribution in [-0.2, 0) is 0 Å². The monoisotopic (exact) mass is 814 g/mol. The Morgan fingerprint density at radius 2 is 0.483 bits per heavy atom. The molecule has 0 nitrogen and oxygen atoms in total. The molecule has 0 unspecified atom stereocenters. The summed E-state index contributed by atoms with van der Waals surface area (Å²) in [4.78, 5) is 0. The molecule has 60 heavy (non-hydrogen) atoms. The summed E-state index contributed by atoms with van der Waals surface area (Å²) in [5, 5.41) is 0.398. The van der Waals surface area contributed by atoms with Gasteiger partial charge in [-0.15, -0.1) is 0 Å². The molecule has 2 atom stereocenters. The summed E-state index contributed by atoms with van der Waals surface area (Å²) in [6.07, 6.45) is 0. The molecule has 0 aliphatic heterocycles. The highest BCUT2D eigenvalue weighted by atomic mass is 33.1. The van der Waals surface area contributed by atoms with E-state index in [1.165, 1.54) is 111 Å². The molecule has 8 aromatic rings. The molecule has 0 aliphatic carbocycles. The van der Waals surface area contributed by atoms with Crippen LogP contribution in [0.3, 0.4) is 0 Å². The summed E-state index contributed by atoms with van der Waals surface area (Å²) in [6, 6.07) is 63.0. The fourth-order valence-electron chi connectivity index (χ4n) is 8.94. The van der Waals surface area contributed by atoms with Crippen LogP contribution in [-0.4, -0.2) is 0 Å². The van der Waals surface area contributed by atoms with E-state index < -0.39 is 0 Å². The Hall–Kier alpha value is -5.54. The van der Waals surface area contributed by atoms with Gasteiger partial charge in [0.15, 0.2) is 0 Å². The third kappa shape index (κ3) is 8.04. The number of hydrogen-bond donors (Lipinski definition) is 0. The molecule has 0 heterocycles. The summed E-state index contributed by atoms with van der Waals surface area (Å²) < 4.78 is 0. The van der Waals surface area contributed by atoms with Gasteiger partial charge in [0.25, 0.3) is 0 Å². The van der Waals surface area contributed by atoms with Crippen LogP contribution in [0, 0.1) is 41.5 Å². The minimum absolute atomic E-state index is 0.199. The molecular formula is C58H54S2. The maximum Gasteiger partial charge on any atom is 0.0379 e. The molecule has 8 rings (SSSR count). The van der Waals surface area contributed by atoms with Crippen molar-refractivity contribution in [2.24, 2.45) is 0 Å². The maximum absolute atomic E-state index is 2.42. The van der Waals surface area contributed by atoms with Gasteiger partial charge in [-0.2, -0.15) is 0 Å². The highest BCUT2D eigenvalue weighted by Crippen LogP contribution is 2.55. The molecule has 0 bridgehead atoms. The van der Waals surface area contributed by atoms with Gasteiger partial charge in [0, 0.05) is 10.5 Å². The van der Waals surface area contributed by atoms with Crippen molar-refractivity contribution in [2.75, 3.05) is 0 Å². The van der Waals surface area contributed by atoms with Crippen molar-refractivity contribution in [3.63, 3.8) is 0 Å². The average molecular weight is 815 g/mol. The van der Waals surface area contributed by atoms with Crippen LogP contribution >= 0.6 is 21.6 Å². The largest absolute Gasteiger partial charge is 0.0856 e. The fraction of sp³-hybridized carbons (Fsp3) is 0.172. The molecule has 0 N–H and O–H groups in total. The molecule has 0 saturated heterocycles. The minimum atomic E-state index is 0.199. The zero-order valence-electron chi connectivity index (χ0n) is 36.1. The lowest BCUT2D eigenvalue weighted by atomic mass is 9.81. The standard InChI is InChI=1S/C58H54S2/c1-37-21-9-15-27-45(37)53-35-33-51(55(47-29-17-11-23-39(47)3)57(53)49-31-19-13-25-41(49)5)43(7)59-60-44(8)52-34-36-54(46-28-16-10-22-38(46)2)58(50-32-20-14-26-42(50)6)56(52)48-30-18-12-24-40(48)4/h9-36,43-44H,1-8H3/t43-,44-/m1/s1. The van der Waals surface area contributed by atoms with Gasteiger partial charge in [-0.05, 0) is 167 Å². The average Bonchev–Trinajstić information content (AvgIpc) is 3.26. The molecule has 0 radical (unpaired) electrons. The first-order valence-electron chi connectivity index (χ1n) is 21.2. The van der Waals surface area contributed by atoms with E-state index in [1.54, 1.807) is 0 Å². The van der Waals surface area contributed by atoms with Gasteiger partial charge in [0.1, 0.15) is 0 Å². The van der Waals surface area contributed by atoms with Gasteiger partial charge in [0.05, 0.1) is 0 Å². The van der Waals surface area contributed by atoms with E-state index in [-0.39, 0.29) is 10.5 Å². The second-order valence-electron chi connectivity index (χ2n) is 16.3. The predicted molar refractivity (Wildman–Crippen MR) is 266 cm³/mol. The first-order valence-corrected chi connectivity index (χ1v) is 23.4. The molecule has 0 fully saturated rings. The Kier molecular flexibility index (Phi) is 12.3. The van der Waals surface area contributed by atoms with Crippen molar-refractivity contribution >= 4 is 21.6 Å². The van der Waals surface area contributed by atoms with Crippen LogP contribution in [0.2, 0.25) is 0 Å². The Bertz CT molecular complexity index is 2630. The van der Waals surface area contributed by atoms with Crippen molar-refractivity contribution in [3.05, 3.63) is 214 Å². The van der Waals surface area contributed by atoms with E-state index in [0.29, 0.717) is 0 Å². The first-order chi connectivity index (χ1) is 29.1. The Labute approximate surface area is 366 Å². The third-order valence-corrected chi connectivity index (χ3v) is 15.5. The summed E-state index contributed by atoms with van der Waals surface area (Å²) in [7, 11) is 3.99. The number of rotatable bonds is 11. The normalized spacial score (nSPS) is 12.3. The number of benzene rings is 8. The van der Waals surface area contributed by atoms with Crippen molar-refractivity contribution in [1.82, 2.24) is 0 Å². The summed E-state index contributed by atoms with van der Waals surface area (Å²) in [6.45, 7) is 18.3. The van der Waals surface area contributed by atoms with Crippen LogP contribution < -0.4 is 0 Å². The van der Waals surface area contributed by atoms with Gasteiger partial charge in [-0.3, -0.25) is 0 Å². The minimum Gasteiger partial charge on any atom is -0.0856 e. The third-order valence-electron chi connectivity index (χ3n) is 12.2. The molecule has 0 aromatic heterocycles. The Morgan fingerprint density at radius 1 is 0.250 bits per heavy atom. The topological polar surface area (TPSA) is 0 Å². The van der Waals surface area contributed by atoms with Crippen LogP contribution in [0.5, 0.6) is 0 Å². The van der Waals surface area contributed by atoms with E-state index >= 15 is 0 Å². The van der Waals surface area contributed by atoms with E-state index in [4.69, 9.17) is 0 Å². The molecule has 0 spiro atoms. The zero-order chi connectivity index (χ0) is 41.9. The number of hydrogen-bond acceptors (Lipinski definition) is 2. The molecule has 2 heteroatoms. The van der Waals surface area contributed by atoms with Gasteiger partial charge in [0.2, 0.25) is 0 Å². The Balaban J connectivity index is 1.28. The van der Waals surface area contributed by atoms with Crippen molar-refractivity contribution in [1.29, 1.82) is 0 Å². The van der Waals surface area contributed by atoms with E-state index in [0.717, 1.165) is 0 Å². The second kappa shape index (κ2) is 18.0. The van der Waals surface area contributed by atoms with Gasteiger partial charge >= 0.3 is 0 Å². The highest BCUT2D eigenvalue weighted by Gasteiger charge is 2.27. The van der Waals surface area contributed by atoms with Gasteiger partial charge in [-0.1, -0.05) is 191 Å².